The molecule has 0 aliphatic rings. The van der Waals surface area contributed by atoms with E-state index in [9.17, 15) is 14.4 Å². The number of allylic oxidation sites excluding steroid dienone is 16. The molecule has 1 unspecified atom stereocenters. The Morgan fingerprint density at radius 2 is 0.577 bits per heavy atom. The molecule has 71 heavy (non-hydrogen) atoms. The average molecular weight is 988 g/mol. The van der Waals surface area contributed by atoms with Gasteiger partial charge in [-0.05, 0) is 109 Å². The van der Waals surface area contributed by atoms with Gasteiger partial charge in [0.05, 0.1) is 0 Å². The molecule has 0 aliphatic heterocycles. The zero-order chi connectivity index (χ0) is 51.4. The molecule has 406 valence electrons. The maximum Gasteiger partial charge on any atom is 0.306 e. The highest BCUT2D eigenvalue weighted by Crippen LogP contribution is 2.15. The van der Waals surface area contributed by atoms with Gasteiger partial charge in [0.25, 0.3) is 0 Å². The maximum atomic E-state index is 12.9. The summed E-state index contributed by atoms with van der Waals surface area (Å²) in [6, 6.07) is 0. The van der Waals surface area contributed by atoms with Crippen molar-refractivity contribution in [2.45, 2.75) is 284 Å². The van der Waals surface area contributed by atoms with Crippen LogP contribution in [0.4, 0.5) is 0 Å². The van der Waals surface area contributed by atoms with E-state index >= 15 is 0 Å². The molecule has 1 atom stereocenters. The standard InChI is InChI=1S/C65H110O6/c1-4-7-10-13-16-19-22-25-27-29-31-32-34-35-37-40-43-46-49-52-55-58-64(67)70-61-62(60-69-63(66)57-54-51-48-45-42-39-24-21-18-15-12-9-6-3)71-65(68)59-56-53-50-47-44-41-38-36-33-30-28-26-23-20-17-14-11-8-5-2/h9,12,17-18,20-21,26,28-29,31,33,36,39,42,48,51,62H,4-8,10-11,13-16,19,22-25,27,30,32,34-35,37-38,40-41,43-47,49-50,52-61H2,1-3H3/b12-9-,20-17-,21-18-,28-26-,31-29-,36-33-,42-39-,51-48-. The highest BCUT2D eigenvalue weighted by atomic mass is 16.6. The molecule has 0 aromatic rings. The fourth-order valence-corrected chi connectivity index (χ4v) is 8.11. The van der Waals surface area contributed by atoms with Crippen molar-refractivity contribution < 1.29 is 28.6 Å². The molecule has 0 aromatic heterocycles. The predicted molar refractivity (Wildman–Crippen MR) is 307 cm³/mol. The Morgan fingerprint density at radius 3 is 0.986 bits per heavy atom. The maximum absolute atomic E-state index is 12.9. The SMILES string of the molecule is CC/C=C\C/C=C\C/C=C\C/C=C\CCC(=O)OCC(COC(=O)CCCCCCCCCCC/C=C\CCCCCCCCCC)OC(=O)CCCCCCCC/C=C\C/C=C\C/C=C\CCCCC. The zero-order valence-electron chi connectivity index (χ0n) is 46.5. The Morgan fingerprint density at radius 1 is 0.296 bits per heavy atom. The minimum atomic E-state index is -0.816. The molecular weight excluding hydrogens is 877 g/mol. The van der Waals surface area contributed by atoms with Crippen LogP contribution >= 0.6 is 0 Å². The number of carbonyl (C=O) groups excluding carboxylic acids is 3. The summed E-state index contributed by atoms with van der Waals surface area (Å²) in [5, 5.41) is 0. The number of esters is 3. The molecule has 0 spiro atoms. The highest BCUT2D eigenvalue weighted by molar-refractivity contribution is 5.71. The van der Waals surface area contributed by atoms with E-state index in [4.69, 9.17) is 14.2 Å². The first-order chi connectivity index (χ1) is 35.0. The first kappa shape index (κ1) is 67.3. The van der Waals surface area contributed by atoms with Gasteiger partial charge in [-0.1, -0.05) is 246 Å². The van der Waals surface area contributed by atoms with E-state index in [0.29, 0.717) is 19.3 Å². The van der Waals surface area contributed by atoms with Crippen molar-refractivity contribution in [1.82, 2.24) is 0 Å². The fraction of sp³-hybridized carbons (Fsp3) is 0.708. The molecule has 0 saturated heterocycles. The van der Waals surface area contributed by atoms with Gasteiger partial charge >= 0.3 is 17.9 Å². The summed E-state index contributed by atoms with van der Waals surface area (Å²) < 4.78 is 16.8. The lowest BCUT2D eigenvalue weighted by Gasteiger charge is -2.18. The number of carbonyl (C=O) groups is 3. The van der Waals surface area contributed by atoms with Crippen LogP contribution in [0.25, 0.3) is 0 Å². The minimum Gasteiger partial charge on any atom is -0.462 e. The Bertz CT molecular complexity index is 1410. The quantitative estimate of drug-likeness (QED) is 0.0261. The van der Waals surface area contributed by atoms with Crippen molar-refractivity contribution in [3.8, 4) is 0 Å². The van der Waals surface area contributed by atoms with E-state index < -0.39 is 6.10 Å². The largest absolute Gasteiger partial charge is 0.462 e. The van der Waals surface area contributed by atoms with Crippen LogP contribution in [-0.4, -0.2) is 37.2 Å². The summed E-state index contributed by atoms with van der Waals surface area (Å²) in [5.41, 5.74) is 0. The lowest BCUT2D eigenvalue weighted by atomic mass is 10.1. The van der Waals surface area contributed by atoms with Crippen molar-refractivity contribution in [2.24, 2.45) is 0 Å². The van der Waals surface area contributed by atoms with E-state index in [1.807, 2.05) is 6.08 Å². The van der Waals surface area contributed by atoms with Crippen LogP contribution in [0.5, 0.6) is 0 Å². The van der Waals surface area contributed by atoms with Crippen LogP contribution in [-0.2, 0) is 28.6 Å². The highest BCUT2D eigenvalue weighted by Gasteiger charge is 2.19. The van der Waals surface area contributed by atoms with Gasteiger partial charge in [0, 0.05) is 19.3 Å². The lowest BCUT2D eigenvalue weighted by Crippen LogP contribution is -2.30. The van der Waals surface area contributed by atoms with E-state index in [0.717, 1.165) is 89.9 Å². The second-order valence-corrected chi connectivity index (χ2v) is 19.5. The summed E-state index contributed by atoms with van der Waals surface area (Å²) in [6.07, 6.45) is 78.5. The third kappa shape index (κ3) is 57.1. The van der Waals surface area contributed by atoms with Gasteiger partial charge in [0.15, 0.2) is 6.10 Å². The first-order valence-corrected chi connectivity index (χ1v) is 29.7. The van der Waals surface area contributed by atoms with E-state index in [1.54, 1.807) is 0 Å². The van der Waals surface area contributed by atoms with Gasteiger partial charge in [0.2, 0.25) is 0 Å². The molecule has 0 heterocycles. The molecule has 0 saturated carbocycles. The number of hydrogen-bond acceptors (Lipinski definition) is 6. The predicted octanol–water partition coefficient (Wildman–Crippen LogP) is 20.1. The Kier molecular flexibility index (Phi) is 55.9. The smallest absolute Gasteiger partial charge is 0.306 e. The minimum absolute atomic E-state index is 0.106. The molecule has 0 rings (SSSR count). The molecule has 0 N–H and O–H groups in total. The summed E-state index contributed by atoms with van der Waals surface area (Å²) in [6.45, 7) is 6.43. The van der Waals surface area contributed by atoms with Crippen molar-refractivity contribution >= 4 is 17.9 Å². The van der Waals surface area contributed by atoms with Crippen LogP contribution in [0.15, 0.2) is 97.2 Å². The molecule has 0 aliphatic carbocycles. The van der Waals surface area contributed by atoms with Gasteiger partial charge in [-0.3, -0.25) is 14.4 Å². The summed E-state index contributed by atoms with van der Waals surface area (Å²) in [7, 11) is 0. The van der Waals surface area contributed by atoms with Crippen LogP contribution in [0, 0.1) is 0 Å². The van der Waals surface area contributed by atoms with E-state index in [2.05, 4.69) is 112 Å². The molecule has 0 radical (unpaired) electrons. The van der Waals surface area contributed by atoms with Crippen LogP contribution in [0.1, 0.15) is 278 Å². The number of rotatable bonds is 53. The zero-order valence-corrected chi connectivity index (χ0v) is 46.5. The summed E-state index contributed by atoms with van der Waals surface area (Å²) in [4.78, 5) is 38.1. The lowest BCUT2D eigenvalue weighted by molar-refractivity contribution is -0.166. The Balaban J connectivity index is 4.43. The van der Waals surface area contributed by atoms with E-state index in [-0.39, 0.29) is 37.5 Å². The molecular formula is C65H110O6. The topological polar surface area (TPSA) is 78.9 Å². The van der Waals surface area contributed by atoms with Gasteiger partial charge in [-0.25, -0.2) is 0 Å². The second kappa shape index (κ2) is 58.9. The fourth-order valence-electron chi connectivity index (χ4n) is 8.11. The molecule has 0 bridgehead atoms. The summed E-state index contributed by atoms with van der Waals surface area (Å²) in [5.74, 6) is -1.00. The Labute approximate surface area is 438 Å². The van der Waals surface area contributed by atoms with Gasteiger partial charge < -0.3 is 14.2 Å². The molecule has 6 nitrogen and oxygen atoms in total. The van der Waals surface area contributed by atoms with Crippen molar-refractivity contribution in [3.05, 3.63) is 97.2 Å². The average Bonchev–Trinajstić information content (AvgIpc) is 3.37. The third-order valence-electron chi connectivity index (χ3n) is 12.6. The van der Waals surface area contributed by atoms with Crippen molar-refractivity contribution in [3.63, 3.8) is 0 Å². The van der Waals surface area contributed by atoms with Gasteiger partial charge in [-0.15, -0.1) is 0 Å². The third-order valence-corrected chi connectivity index (χ3v) is 12.6. The van der Waals surface area contributed by atoms with Crippen LogP contribution < -0.4 is 0 Å². The van der Waals surface area contributed by atoms with Crippen LogP contribution in [0.2, 0.25) is 0 Å². The molecule has 0 fully saturated rings. The van der Waals surface area contributed by atoms with Gasteiger partial charge in [-0.2, -0.15) is 0 Å². The second-order valence-electron chi connectivity index (χ2n) is 19.5. The van der Waals surface area contributed by atoms with Gasteiger partial charge in [0.1, 0.15) is 13.2 Å². The van der Waals surface area contributed by atoms with Crippen LogP contribution in [0.3, 0.4) is 0 Å². The first-order valence-electron chi connectivity index (χ1n) is 29.7. The van der Waals surface area contributed by atoms with E-state index in [1.165, 1.54) is 141 Å². The summed E-state index contributed by atoms with van der Waals surface area (Å²) >= 11 is 0. The molecule has 0 amide bonds. The number of ether oxygens (including phenoxy) is 3. The number of unbranched alkanes of at least 4 members (excludes halogenated alkanes) is 26. The molecule has 6 heteroatoms. The Hall–Kier alpha value is -3.67. The molecule has 0 aromatic carbocycles. The van der Waals surface area contributed by atoms with Crippen molar-refractivity contribution in [1.29, 1.82) is 0 Å². The normalized spacial score (nSPS) is 12.8. The number of hydrogen-bond donors (Lipinski definition) is 0. The monoisotopic (exact) mass is 987 g/mol. The van der Waals surface area contributed by atoms with Crippen molar-refractivity contribution in [2.75, 3.05) is 13.2 Å².